The highest BCUT2D eigenvalue weighted by Crippen LogP contribution is 2.35. The molecule has 29 nitrogen and oxygen atoms in total. The Bertz CT molecular complexity index is 4260. The number of aldehydes is 1. The lowest BCUT2D eigenvalue weighted by Gasteiger charge is -2.30. The number of Topliss-reactive ketones (excluding diaryl/α,β-unsaturated/α-hetero) is 1. The summed E-state index contributed by atoms with van der Waals surface area (Å²) in [5.41, 5.74) is 21.6. The van der Waals surface area contributed by atoms with E-state index in [-0.39, 0.29) is 91.2 Å². The summed E-state index contributed by atoms with van der Waals surface area (Å²) in [4.78, 5) is 85.4. The van der Waals surface area contributed by atoms with Gasteiger partial charge in [-0.3, -0.25) is 24.4 Å². The molecule has 8 atom stereocenters. The molecule has 1 aliphatic carbocycles. The van der Waals surface area contributed by atoms with Crippen molar-refractivity contribution in [1.82, 2.24) is 55.6 Å². The number of aromatic nitrogens is 7. The van der Waals surface area contributed by atoms with Gasteiger partial charge >= 0.3 is 0 Å². The number of aliphatic hydroxyl groups excluding tert-OH is 3. The second-order valence-corrected chi connectivity index (χ2v) is 31.0. The maximum absolute atomic E-state index is 13.2. The zero-order valence-corrected chi connectivity index (χ0v) is 68.7. The summed E-state index contributed by atoms with van der Waals surface area (Å²) in [6, 6.07) is 12.3. The average molecular weight is 1600 g/mol. The number of carbonyl (C=O) groups excluding carboxylic acids is 4. The summed E-state index contributed by atoms with van der Waals surface area (Å²) >= 11 is 0. The zero-order chi connectivity index (χ0) is 82.6. The molecule has 6 aromatic rings. The molecule has 6 heterocycles. The standard InChI is InChI=1S/C87H124N16O13/c1-59(12-9-8-10-13-61(3)76(106)48-73-14-11-15-74(57-104)115-73)44-62(4)77(107)49-78(108)63(5)45-60(2)16-25-72(105)26-20-64-18-23-71(24-19-64)94-50-66-51-95-87(96-52-66)101(34-30-90-6)35-31-92-54-70(53-91-7)85(110)93-32-37-112-39-41-114-43-42-113-40-38-111-36-29-80(109)102-33-28-67-46-65(17-21-69(67)56-102)55-103-84-81(83(88)97-58-98-84)82(100-103)68-22-27-79-75(47-68)99-86(89)116-79/h8-10,12-13,17,21-22,27,45-47,51-54,57-60,62,64,71-74,76,78,90,94,105-106,108H,7,11,14-16,18-20,23-26,28-44,48-50,55-56H2,1-6H3,(H2,89,99)(H,93,110)(H2,88,97,98)/b10-8+,12-9+,61-13+,63-45+,70-53+,92-54-. The Kier molecular flexibility index (Phi) is 38.0. The lowest BCUT2D eigenvalue weighted by molar-refractivity contribution is -0.133. The maximum atomic E-state index is 13.2. The molecule has 2 amide bonds. The van der Waals surface area contributed by atoms with E-state index in [0.717, 1.165) is 110 Å². The molecule has 2 aliphatic heterocycles. The van der Waals surface area contributed by atoms with Crippen molar-refractivity contribution in [2.45, 2.75) is 194 Å². The van der Waals surface area contributed by atoms with Crippen molar-refractivity contribution in [3.63, 3.8) is 0 Å². The summed E-state index contributed by atoms with van der Waals surface area (Å²) in [6.07, 6.45) is 30.7. The number of hydrogen-bond donors (Lipinski definition) is 8. The van der Waals surface area contributed by atoms with E-state index in [1.807, 2.05) is 92.3 Å². The van der Waals surface area contributed by atoms with Crippen LogP contribution in [0, 0.1) is 23.7 Å². The van der Waals surface area contributed by atoms with Crippen LogP contribution < -0.4 is 32.3 Å². The SMILES string of the molecule is C=N/C=C(\C=N/CCN(CCNC)c1ncc(CNC2CCC(CCC(O)CCC(C)/C=C(\C)C(O)CC(=O)C(C)CC(C)/C=C/C=C/C=C(\C)C(O)CC3CCCC(C=O)O3)CC2)cn1)C(=O)NCCOCCOCCOCCOCCC(=O)N1CCc2cc(Cn3nc(-c4ccc5oc(N)nc5c4)c4c(N)ncnc43)ccc2C1. The number of anilines is 3. The highest BCUT2D eigenvalue weighted by atomic mass is 16.6. The molecule has 0 bridgehead atoms. The maximum Gasteiger partial charge on any atom is 0.292 e. The van der Waals surface area contributed by atoms with Crippen LogP contribution in [0.5, 0.6) is 0 Å². The number of ether oxygens (including phenoxy) is 5. The molecular weight excluding hydrogens is 1480 g/mol. The van der Waals surface area contributed by atoms with E-state index in [2.05, 4.69) is 90.6 Å². The van der Waals surface area contributed by atoms with Gasteiger partial charge in [-0.05, 0) is 175 Å². The number of nitrogens with one attached hydrogen (secondary N) is 3. The van der Waals surface area contributed by atoms with Gasteiger partial charge < -0.3 is 85.4 Å². The van der Waals surface area contributed by atoms with Gasteiger partial charge in [-0.25, -0.2) is 24.6 Å². The molecule has 8 unspecified atom stereocenters. The molecule has 0 spiro atoms. The predicted molar refractivity (Wildman–Crippen MR) is 452 cm³/mol. The number of ketones is 1. The van der Waals surface area contributed by atoms with E-state index in [4.69, 9.17) is 54.6 Å². The van der Waals surface area contributed by atoms with Gasteiger partial charge in [-0.2, -0.15) is 10.1 Å². The van der Waals surface area contributed by atoms with Crippen molar-refractivity contribution in [1.29, 1.82) is 0 Å². The van der Waals surface area contributed by atoms with Crippen molar-refractivity contribution in [3.05, 3.63) is 137 Å². The smallest absolute Gasteiger partial charge is 0.292 e. The minimum atomic E-state index is -0.840. The summed E-state index contributed by atoms with van der Waals surface area (Å²) < 4.78 is 35.8. The topological polar surface area (TPSA) is 390 Å². The van der Waals surface area contributed by atoms with Crippen LogP contribution in [0.3, 0.4) is 0 Å². The minimum Gasteiger partial charge on any atom is -0.424 e. The van der Waals surface area contributed by atoms with Gasteiger partial charge in [0.2, 0.25) is 11.9 Å². The molecule has 3 aliphatic rings. The molecule has 9 rings (SSSR count). The summed E-state index contributed by atoms with van der Waals surface area (Å²) in [5.74, 6) is 1.34. The first kappa shape index (κ1) is 90.8. The molecule has 2 aromatic carbocycles. The fourth-order valence-electron chi connectivity index (χ4n) is 14.9. The lowest BCUT2D eigenvalue weighted by Crippen LogP contribution is -2.36. The van der Waals surface area contributed by atoms with Crippen LogP contribution in [0.1, 0.15) is 153 Å². The van der Waals surface area contributed by atoms with E-state index in [1.165, 1.54) is 24.3 Å². The third-order valence-electron chi connectivity index (χ3n) is 21.8. The Hall–Kier alpha value is -9.14. The zero-order valence-electron chi connectivity index (χ0n) is 68.7. The fourth-order valence-corrected chi connectivity index (χ4v) is 14.9. The van der Waals surface area contributed by atoms with Gasteiger partial charge in [0, 0.05) is 107 Å². The molecule has 10 N–H and O–H groups in total. The van der Waals surface area contributed by atoms with Crippen molar-refractivity contribution in [2.24, 2.45) is 33.7 Å². The van der Waals surface area contributed by atoms with Gasteiger partial charge in [0.1, 0.15) is 41.5 Å². The second-order valence-electron chi connectivity index (χ2n) is 31.0. The van der Waals surface area contributed by atoms with Gasteiger partial charge in [0.15, 0.2) is 11.2 Å². The summed E-state index contributed by atoms with van der Waals surface area (Å²) in [6.45, 7) is 21.0. The molecular formula is C87H124N16O13. The molecule has 1 saturated carbocycles. The van der Waals surface area contributed by atoms with Gasteiger partial charge in [0.25, 0.3) is 11.9 Å². The number of aliphatic imine (C=N–C) groups is 2. The first-order chi connectivity index (χ1) is 56.2. The minimum absolute atomic E-state index is 0.0381. The number of aliphatic hydroxyl groups is 3. The van der Waals surface area contributed by atoms with Crippen LogP contribution in [0.4, 0.5) is 17.8 Å². The molecule has 116 heavy (non-hydrogen) atoms. The van der Waals surface area contributed by atoms with Gasteiger partial charge in [0.05, 0.1) is 108 Å². The van der Waals surface area contributed by atoms with Crippen LogP contribution in [-0.4, -0.2) is 227 Å². The summed E-state index contributed by atoms with van der Waals surface area (Å²) in [5, 5.41) is 48.0. The number of carbonyl (C=O) groups is 4. The van der Waals surface area contributed by atoms with Crippen LogP contribution in [0.25, 0.3) is 33.4 Å². The van der Waals surface area contributed by atoms with E-state index in [0.29, 0.717) is 169 Å². The monoisotopic (exact) mass is 1600 g/mol. The number of oxazole rings is 1. The van der Waals surface area contributed by atoms with E-state index in [9.17, 15) is 34.5 Å². The fraction of sp³-hybridized carbons (Fsp3) is 0.563. The number of rotatable bonds is 51. The molecule has 630 valence electrons. The normalized spacial score (nSPS) is 18.7. The largest absolute Gasteiger partial charge is 0.424 e. The van der Waals surface area contributed by atoms with Crippen LogP contribution >= 0.6 is 0 Å². The highest BCUT2D eigenvalue weighted by Gasteiger charge is 2.28. The van der Waals surface area contributed by atoms with Crippen molar-refractivity contribution < 1.29 is 62.6 Å². The molecule has 0 radical (unpaired) electrons. The summed E-state index contributed by atoms with van der Waals surface area (Å²) in [7, 11) is 1.90. The number of allylic oxidation sites excluding steroid dienone is 6. The molecule has 29 heteroatoms. The Morgan fingerprint density at radius 1 is 0.810 bits per heavy atom. The Morgan fingerprint density at radius 2 is 1.57 bits per heavy atom. The lowest BCUT2D eigenvalue weighted by atomic mass is 9.82. The number of likely N-dealkylation sites (N-methyl/N-ethyl adjacent to an activating group) is 1. The average Bonchev–Trinajstić information content (AvgIpc) is 1.61. The number of nitrogen functional groups attached to an aromatic ring is 2. The number of nitrogens with two attached hydrogens (primary N) is 2. The van der Waals surface area contributed by atoms with E-state index >= 15 is 0 Å². The van der Waals surface area contributed by atoms with E-state index < -0.39 is 12.2 Å². The number of fused-ring (bicyclic) bond motifs is 3. The van der Waals surface area contributed by atoms with Crippen LogP contribution in [-0.2, 0) is 68.9 Å². The third kappa shape index (κ3) is 29.8. The highest BCUT2D eigenvalue weighted by molar-refractivity contribution is 6.12. The predicted octanol–water partition coefficient (Wildman–Crippen LogP) is 9.56. The van der Waals surface area contributed by atoms with E-state index in [1.54, 1.807) is 6.07 Å². The van der Waals surface area contributed by atoms with Gasteiger partial charge in [-0.15, -0.1) is 0 Å². The number of amides is 2. The van der Waals surface area contributed by atoms with Crippen molar-refractivity contribution >= 4 is 76.7 Å². The molecule has 4 aromatic heterocycles. The molecule has 2 fully saturated rings. The molecule has 1 saturated heterocycles. The first-order valence-corrected chi connectivity index (χ1v) is 41.3. The Labute approximate surface area is 682 Å². The van der Waals surface area contributed by atoms with Crippen molar-refractivity contribution in [2.75, 3.05) is 116 Å². The van der Waals surface area contributed by atoms with Crippen molar-refractivity contribution in [3.8, 4) is 11.3 Å². The Morgan fingerprint density at radius 3 is 2.32 bits per heavy atom. The van der Waals surface area contributed by atoms with Crippen LogP contribution in [0.2, 0.25) is 0 Å². The first-order valence-electron chi connectivity index (χ1n) is 41.3. The Balaban J connectivity index is 0.556. The number of hydrogen-bond acceptors (Lipinski definition) is 26. The van der Waals surface area contributed by atoms with Crippen LogP contribution in [0.15, 0.2) is 129 Å². The number of benzene rings is 2. The third-order valence-corrected chi connectivity index (χ3v) is 21.8. The second kappa shape index (κ2) is 48.5. The number of nitrogens with zero attached hydrogens (tertiary/aromatic N) is 11. The quantitative estimate of drug-likeness (QED) is 0.00440. The van der Waals surface area contributed by atoms with Gasteiger partial charge in [-0.1, -0.05) is 75.4 Å².